The number of primary amides is 1. The molecule has 2 amide bonds. The summed E-state index contributed by atoms with van der Waals surface area (Å²) in [6.45, 7) is 0.600. The average Bonchev–Trinajstić information content (AvgIpc) is 2.84. The summed E-state index contributed by atoms with van der Waals surface area (Å²) >= 11 is 0. The van der Waals surface area contributed by atoms with Gasteiger partial charge in [-0.1, -0.05) is 0 Å². The number of rotatable bonds is 3. The lowest BCUT2D eigenvalue weighted by Crippen LogP contribution is -2.31. The molecule has 84 valence electrons. The van der Waals surface area contributed by atoms with E-state index in [1.807, 2.05) is 0 Å². The fourth-order valence-corrected chi connectivity index (χ4v) is 0.433. The van der Waals surface area contributed by atoms with E-state index in [0.29, 0.717) is 18.8 Å². The maximum Gasteiger partial charge on any atom is 0.328 e. The van der Waals surface area contributed by atoms with E-state index in [9.17, 15) is 14.4 Å². The number of amides is 2. The number of carboxylic acid groups (broad SMARTS) is 2. The van der Waals surface area contributed by atoms with Crippen LogP contribution in [0.25, 0.3) is 0 Å². The number of urea groups is 1. The number of hydrogen-bond acceptors (Lipinski definition) is 4. The van der Waals surface area contributed by atoms with Gasteiger partial charge in [0.1, 0.15) is 0 Å². The molecule has 0 aromatic carbocycles. The topological polar surface area (TPSA) is 142 Å². The van der Waals surface area contributed by atoms with E-state index in [1.54, 1.807) is 0 Å². The maximum atomic E-state index is 9.88. The van der Waals surface area contributed by atoms with Crippen LogP contribution < -0.4 is 11.1 Å². The fourth-order valence-electron chi connectivity index (χ4n) is 0.433. The molecule has 1 unspecified atom stereocenters. The SMILES string of the molecule is NC(=O)NC1CO1.O=C(O)/C=C/C(=O)O. The van der Waals surface area contributed by atoms with Crippen LogP contribution >= 0.6 is 0 Å². The van der Waals surface area contributed by atoms with Gasteiger partial charge in [0.25, 0.3) is 0 Å². The van der Waals surface area contributed by atoms with Gasteiger partial charge in [0.15, 0.2) is 6.23 Å². The fraction of sp³-hybridized carbons (Fsp3) is 0.286. The monoisotopic (exact) mass is 218 g/mol. The van der Waals surface area contributed by atoms with Crippen LogP contribution in [0, 0.1) is 0 Å². The van der Waals surface area contributed by atoms with Crippen LogP contribution in [-0.2, 0) is 14.3 Å². The number of carboxylic acids is 2. The minimum atomic E-state index is -1.26. The van der Waals surface area contributed by atoms with Gasteiger partial charge in [-0.25, -0.2) is 14.4 Å². The summed E-state index contributed by atoms with van der Waals surface area (Å²) in [7, 11) is 0. The molecule has 0 saturated carbocycles. The number of nitrogens with one attached hydrogen (secondary N) is 1. The third-order valence-electron chi connectivity index (χ3n) is 1.01. The molecular weight excluding hydrogens is 208 g/mol. The second kappa shape index (κ2) is 6.38. The summed E-state index contributed by atoms with van der Waals surface area (Å²) in [6.07, 6.45) is 1.02. The zero-order valence-corrected chi connectivity index (χ0v) is 7.54. The zero-order chi connectivity index (χ0) is 11.8. The molecule has 0 aliphatic carbocycles. The van der Waals surface area contributed by atoms with Crippen molar-refractivity contribution in [2.24, 2.45) is 5.73 Å². The van der Waals surface area contributed by atoms with Crippen molar-refractivity contribution in [3.05, 3.63) is 12.2 Å². The normalized spacial score (nSPS) is 17.5. The first-order valence-corrected chi connectivity index (χ1v) is 3.73. The van der Waals surface area contributed by atoms with Crippen molar-refractivity contribution in [2.45, 2.75) is 6.23 Å². The molecule has 1 rings (SSSR count). The van der Waals surface area contributed by atoms with Gasteiger partial charge in [-0.3, -0.25) is 0 Å². The Kier molecular flexibility index (Phi) is 5.49. The lowest BCUT2D eigenvalue weighted by atomic mass is 10.5. The summed E-state index contributed by atoms with van der Waals surface area (Å²) in [5.74, 6) is -2.51. The van der Waals surface area contributed by atoms with E-state index < -0.39 is 18.0 Å². The quantitative estimate of drug-likeness (QED) is 0.343. The number of ether oxygens (including phenoxy) is 1. The third kappa shape index (κ3) is 11.9. The summed E-state index contributed by atoms with van der Waals surface area (Å²) in [5, 5.41) is 18.0. The molecule has 1 heterocycles. The molecule has 8 heteroatoms. The van der Waals surface area contributed by atoms with Crippen LogP contribution in [0.5, 0.6) is 0 Å². The van der Waals surface area contributed by atoms with Gasteiger partial charge in [0.05, 0.1) is 6.61 Å². The van der Waals surface area contributed by atoms with Crippen molar-refractivity contribution in [1.82, 2.24) is 5.32 Å². The van der Waals surface area contributed by atoms with Gasteiger partial charge in [-0.2, -0.15) is 0 Å². The number of aliphatic carboxylic acids is 2. The smallest absolute Gasteiger partial charge is 0.328 e. The van der Waals surface area contributed by atoms with E-state index >= 15 is 0 Å². The Morgan fingerprint density at radius 1 is 1.27 bits per heavy atom. The van der Waals surface area contributed by atoms with Crippen molar-refractivity contribution < 1.29 is 29.3 Å². The van der Waals surface area contributed by atoms with Crippen molar-refractivity contribution in [3.63, 3.8) is 0 Å². The largest absolute Gasteiger partial charge is 0.478 e. The third-order valence-corrected chi connectivity index (χ3v) is 1.01. The minimum Gasteiger partial charge on any atom is -0.478 e. The highest BCUT2D eigenvalue weighted by molar-refractivity contribution is 5.89. The Morgan fingerprint density at radius 3 is 1.80 bits per heavy atom. The molecule has 8 nitrogen and oxygen atoms in total. The molecule has 1 atom stereocenters. The van der Waals surface area contributed by atoms with Crippen molar-refractivity contribution >= 4 is 18.0 Å². The first kappa shape index (κ1) is 12.9. The highest BCUT2D eigenvalue weighted by Gasteiger charge is 2.22. The predicted molar refractivity (Wildman–Crippen MR) is 46.9 cm³/mol. The van der Waals surface area contributed by atoms with Crippen LogP contribution in [0.2, 0.25) is 0 Å². The van der Waals surface area contributed by atoms with Gasteiger partial charge in [0, 0.05) is 12.2 Å². The van der Waals surface area contributed by atoms with E-state index in [1.165, 1.54) is 0 Å². The number of carbonyl (C=O) groups excluding carboxylic acids is 1. The molecule has 1 aliphatic rings. The standard InChI is InChI=1S/C4H4O4.C3H6N2O2/c5-3(6)1-2-4(7)8;4-3(6)5-2-1-7-2/h1-2H,(H,5,6)(H,7,8);2H,1H2,(H3,4,5,6)/b2-1+;. The van der Waals surface area contributed by atoms with Gasteiger partial charge >= 0.3 is 18.0 Å². The minimum absolute atomic E-state index is 0.0995. The number of nitrogens with two attached hydrogens (primary N) is 1. The molecular formula is C7H10N2O6. The predicted octanol–water partition coefficient (Wildman–Crippen LogP) is -1.28. The van der Waals surface area contributed by atoms with E-state index in [4.69, 9.17) is 15.9 Å². The molecule has 5 N–H and O–H groups in total. The Labute approximate surface area is 84.3 Å². The van der Waals surface area contributed by atoms with Crippen molar-refractivity contribution in [3.8, 4) is 0 Å². The zero-order valence-electron chi connectivity index (χ0n) is 7.54. The number of epoxide rings is 1. The molecule has 0 aromatic rings. The van der Waals surface area contributed by atoms with Gasteiger partial charge in [0.2, 0.25) is 0 Å². The first-order valence-electron chi connectivity index (χ1n) is 3.73. The first-order chi connectivity index (χ1) is 6.91. The summed E-state index contributed by atoms with van der Waals surface area (Å²) < 4.78 is 4.61. The van der Waals surface area contributed by atoms with Crippen LogP contribution in [0.1, 0.15) is 0 Å². The molecule has 1 aliphatic heterocycles. The Bertz CT molecular complexity index is 267. The maximum absolute atomic E-state index is 9.88. The molecule has 0 aromatic heterocycles. The Morgan fingerprint density at radius 2 is 1.67 bits per heavy atom. The van der Waals surface area contributed by atoms with Crippen LogP contribution in [-0.4, -0.2) is 41.0 Å². The van der Waals surface area contributed by atoms with Gasteiger partial charge < -0.3 is 26.0 Å². The van der Waals surface area contributed by atoms with Crippen molar-refractivity contribution in [1.29, 1.82) is 0 Å². The Hall–Kier alpha value is -2.09. The van der Waals surface area contributed by atoms with Crippen LogP contribution in [0.4, 0.5) is 4.79 Å². The van der Waals surface area contributed by atoms with Crippen molar-refractivity contribution in [2.75, 3.05) is 6.61 Å². The van der Waals surface area contributed by atoms with Crippen LogP contribution in [0.15, 0.2) is 12.2 Å². The molecule has 15 heavy (non-hydrogen) atoms. The second-order valence-corrected chi connectivity index (χ2v) is 2.34. The number of hydrogen-bond donors (Lipinski definition) is 4. The summed E-state index contributed by atoms with van der Waals surface area (Å²) in [6, 6.07) is -0.525. The molecule has 0 bridgehead atoms. The number of carbonyl (C=O) groups is 3. The average molecular weight is 218 g/mol. The second-order valence-electron chi connectivity index (χ2n) is 2.34. The molecule has 1 saturated heterocycles. The van der Waals surface area contributed by atoms with E-state index in [0.717, 1.165) is 0 Å². The molecule has 1 fully saturated rings. The van der Waals surface area contributed by atoms with Crippen LogP contribution in [0.3, 0.4) is 0 Å². The highest BCUT2D eigenvalue weighted by atomic mass is 16.6. The van der Waals surface area contributed by atoms with E-state index in [2.05, 4.69) is 10.1 Å². The lowest BCUT2D eigenvalue weighted by Gasteiger charge is -1.88. The molecule has 0 radical (unpaired) electrons. The highest BCUT2D eigenvalue weighted by Crippen LogP contribution is 2.01. The summed E-state index contributed by atoms with van der Waals surface area (Å²) in [4.78, 5) is 29.0. The Balaban J connectivity index is 0.000000262. The molecule has 0 spiro atoms. The van der Waals surface area contributed by atoms with Gasteiger partial charge in [-0.15, -0.1) is 0 Å². The van der Waals surface area contributed by atoms with E-state index in [-0.39, 0.29) is 6.23 Å². The lowest BCUT2D eigenvalue weighted by molar-refractivity contribution is -0.134. The summed E-state index contributed by atoms with van der Waals surface area (Å²) in [5.41, 5.74) is 4.70. The van der Waals surface area contributed by atoms with Gasteiger partial charge in [-0.05, 0) is 0 Å².